The molecule has 27 heavy (non-hydrogen) atoms. The summed E-state index contributed by atoms with van der Waals surface area (Å²) in [7, 11) is 0. The highest BCUT2D eigenvalue weighted by Crippen LogP contribution is 2.28. The van der Waals surface area contributed by atoms with Crippen molar-refractivity contribution in [1.29, 1.82) is 5.41 Å². The number of alkyl halides is 3. The number of nitrogens with one attached hydrogen (secondary N) is 1. The first kappa shape index (κ1) is 23.4. The number of piperidine rings is 1. The van der Waals surface area contributed by atoms with Crippen LogP contribution in [0.2, 0.25) is 0 Å². The summed E-state index contributed by atoms with van der Waals surface area (Å²) in [6, 6.07) is 0. The molecular formula is C19H31F3N4O. The van der Waals surface area contributed by atoms with Crippen LogP contribution in [0.15, 0.2) is 28.0 Å². The molecule has 0 aromatic heterocycles. The lowest BCUT2D eigenvalue weighted by Gasteiger charge is -2.35. The van der Waals surface area contributed by atoms with E-state index in [0.29, 0.717) is 31.0 Å². The van der Waals surface area contributed by atoms with Gasteiger partial charge in [0.25, 0.3) is 0 Å². The maximum absolute atomic E-state index is 12.5. The van der Waals surface area contributed by atoms with E-state index >= 15 is 0 Å². The third-order valence-corrected chi connectivity index (χ3v) is 4.62. The molecule has 8 heteroatoms. The Balaban J connectivity index is 3.15. The van der Waals surface area contributed by atoms with Crippen LogP contribution < -0.4 is 5.73 Å². The summed E-state index contributed by atoms with van der Waals surface area (Å²) < 4.78 is 41.5. The molecule has 1 aliphatic heterocycles. The van der Waals surface area contributed by atoms with Crippen molar-refractivity contribution < 1.29 is 17.9 Å². The molecule has 1 aliphatic rings. The SMILES string of the molecule is C/C=C(/CC)C/C(C(C)=N)=C(/N=C(\C)CN)N1CCC(OC(F)(F)F)CC1. The van der Waals surface area contributed by atoms with Gasteiger partial charge >= 0.3 is 6.36 Å². The summed E-state index contributed by atoms with van der Waals surface area (Å²) in [5, 5.41) is 8.22. The maximum Gasteiger partial charge on any atom is 0.522 e. The van der Waals surface area contributed by atoms with Crippen LogP contribution in [0.4, 0.5) is 13.2 Å². The van der Waals surface area contributed by atoms with E-state index in [1.807, 2.05) is 24.8 Å². The number of nitrogens with zero attached hydrogens (tertiary/aromatic N) is 2. The average Bonchev–Trinajstić information content (AvgIpc) is 2.60. The molecule has 1 fully saturated rings. The van der Waals surface area contributed by atoms with Crippen LogP contribution in [0.3, 0.4) is 0 Å². The summed E-state index contributed by atoms with van der Waals surface area (Å²) >= 11 is 0. The minimum Gasteiger partial charge on any atom is -0.356 e. The highest BCUT2D eigenvalue weighted by molar-refractivity contribution is 5.97. The van der Waals surface area contributed by atoms with E-state index in [1.165, 1.54) is 5.57 Å². The van der Waals surface area contributed by atoms with Crippen LogP contribution in [0, 0.1) is 5.41 Å². The van der Waals surface area contributed by atoms with Gasteiger partial charge in [0.2, 0.25) is 0 Å². The lowest BCUT2D eigenvalue weighted by Crippen LogP contribution is -2.39. The molecule has 0 atom stereocenters. The molecule has 0 amide bonds. The summed E-state index contributed by atoms with van der Waals surface area (Å²) in [6.45, 7) is 8.62. The Morgan fingerprint density at radius 3 is 2.30 bits per heavy atom. The van der Waals surface area contributed by atoms with Crippen molar-refractivity contribution in [1.82, 2.24) is 4.90 Å². The maximum atomic E-state index is 12.5. The average molecular weight is 388 g/mol. The Hall–Kier alpha value is -1.67. The van der Waals surface area contributed by atoms with Crippen molar-refractivity contribution in [3.05, 3.63) is 23.0 Å². The number of hydrogen-bond acceptors (Lipinski definition) is 5. The van der Waals surface area contributed by atoms with Gasteiger partial charge in [0.05, 0.1) is 6.10 Å². The normalized spacial score (nSPS) is 18.6. The Morgan fingerprint density at radius 1 is 1.30 bits per heavy atom. The molecule has 3 N–H and O–H groups in total. The second-order valence-electron chi connectivity index (χ2n) is 6.71. The second kappa shape index (κ2) is 10.6. The van der Waals surface area contributed by atoms with Crippen molar-refractivity contribution in [3.8, 4) is 0 Å². The Kier molecular flexibility index (Phi) is 9.18. The number of halogens is 3. The minimum absolute atomic E-state index is 0.259. The molecule has 0 aromatic rings. The number of allylic oxidation sites excluding steroid dienone is 3. The van der Waals surface area contributed by atoms with E-state index < -0.39 is 12.5 Å². The zero-order valence-electron chi connectivity index (χ0n) is 16.6. The van der Waals surface area contributed by atoms with Crippen LogP contribution in [0.25, 0.3) is 0 Å². The van der Waals surface area contributed by atoms with Crippen LogP contribution in [-0.4, -0.2) is 48.4 Å². The first-order valence-electron chi connectivity index (χ1n) is 9.27. The van der Waals surface area contributed by atoms with E-state index in [1.54, 1.807) is 6.92 Å². The molecule has 1 rings (SSSR count). The number of nitrogens with two attached hydrogens (primary N) is 1. The van der Waals surface area contributed by atoms with Gasteiger partial charge in [-0.1, -0.05) is 18.6 Å². The van der Waals surface area contributed by atoms with Crippen molar-refractivity contribution >= 4 is 11.4 Å². The van der Waals surface area contributed by atoms with Crippen molar-refractivity contribution in [2.24, 2.45) is 10.7 Å². The molecule has 0 radical (unpaired) electrons. The van der Waals surface area contributed by atoms with Crippen LogP contribution in [0.5, 0.6) is 0 Å². The van der Waals surface area contributed by atoms with Gasteiger partial charge in [0.1, 0.15) is 5.82 Å². The Morgan fingerprint density at radius 2 is 1.89 bits per heavy atom. The summed E-state index contributed by atoms with van der Waals surface area (Å²) in [5.41, 5.74) is 8.78. The Bertz CT molecular complexity index is 601. The van der Waals surface area contributed by atoms with Crippen molar-refractivity contribution in [2.45, 2.75) is 65.8 Å². The van der Waals surface area contributed by atoms with Crippen molar-refractivity contribution in [3.63, 3.8) is 0 Å². The summed E-state index contributed by atoms with van der Waals surface area (Å²) in [4.78, 5) is 6.58. The molecule has 0 aliphatic carbocycles. The minimum atomic E-state index is -4.61. The molecule has 154 valence electrons. The highest BCUT2D eigenvalue weighted by Gasteiger charge is 2.35. The molecular weight excluding hydrogens is 357 g/mol. The predicted molar refractivity (Wildman–Crippen MR) is 103 cm³/mol. The fourth-order valence-corrected chi connectivity index (χ4v) is 2.97. The van der Waals surface area contributed by atoms with E-state index in [9.17, 15) is 13.2 Å². The van der Waals surface area contributed by atoms with Gasteiger partial charge in [-0.2, -0.15) is 0 Å². The van der Waals surface area contributed by atoms with Gasteiger partial charge in [0.15, 0.2) is 0 Å². The predicted octanol–water partition coefficient (Wildman–Crippen LogP) is 4.40. The molecule has 1 heterocycles. The first-order chi connectivity index (χ1) is 12.6. The highest BCUT2D eigenvalue weighted by atomic mass is 19.4. The van der Waals surface area contributed by atoms with E-state index in [-0.39, 0.29) is 19.4 Å². The van der Waals surface area contributed by atoms with Gasteiger partial charge in [-0.15, -0.1) is 13.2 Å². The van der Waals surface area contributed by atoms with Gasteiger partial charge in [0, 0.05) is 36.6 Å². The van der Waals surface area contributed by atoms with Gasteiger partial charge in [-0.25, -0.2) is 4.99 Å². The number of hydrogen-bond donors (Lipinski definition) is 2. The van der Waals surface area contributed by atoms with E-state index in [0.717, 1.165) is 17.7 Å². The molecule has 0 saturated carbocycles. The first-order valence-corrected chi connectivity index (χ1v) is 9.27. The molecule has 5 nitrogen and oxygen atoms in total. The second-order valence-corrected chi connectivity index (χ2v) is 6.71. The van der Waals surface area contributed by atoms with Gasteiger partial charge in [-0.3, -0.25) is 4.74 Å². The fraction of sp³-hybridized carbons (Fsp3) is 0.684. The number of aliphatic imine (C=N–C) groups is 1. The van der Waals surface area contributed by atoms with Crippen LogP contribution in [-0.2, 0) is 4.74 Å². The monoisotopic (exact) mass is 388 g/mol. The number of rotatable bonds is 8. The van der Waals surface area contributed by atoms with Crippen LogP contribution >= 0.6 is 0 Å². The molecule has 0 bridgehead atoms. The Labute approximate surface area is 159 Å². The third-order valence-electron chi connectivity index (χ3n) is 4.62. The zero-order chi connectivity index (χ0) is 20.6. The lowest BCUT2D eigenvalue weighted by atomic mass is 9.98. The van der Waals surface area contributed by atoms with E-state index in [2.05, 4.69) is 16.7 Å². The summed E-state index contributed by atoms with van der Waals surface area (Å²) in [6.07, 6.45) is -1.45. The standard InChI is InChI=1S/C19H31F3N4O/c1-5-15(6-2)11-17(14(4)24)18(25-13(3)12-23)26-9-7-16(8-10-26)27-19(20,21)22/h5,16,24H,6-12,23H2,1-4H3/b15-5-,18-17+,24-14?,25-13+. The molecule has 0 spiro atoms. The summed E-state index contributed by atoms with van der Waals surface area (Å²) in [5.74, 6) is 0.642. The molecule has 0 aromatic carbocycles. The molecule has 0 unspecified atom stereocenters. The number of ether oxygens (including phenoxy) is 1. The number of likely N-dealkylation sites (tertiary alicyclic amines) is 1. The molecule has 1 saturated heterocycles. The quantitative estimate of drug-likeness (QED) is 0.478. The zero-order valence-corrected chi connectivity index (χ0v) is 16.6. The fourth-order valence-electron chi connectivity index (χ4n) is 2.97. The van der Waals surface area contributed by atoms with Gasteiger partial charge < -0.3 is 16.0 Å². The third kappa shape index (κ3) is 7.84. The van der Waals surface area contributed by atoms with Gasteiger partial charge in [-0.05, 0) is 46.5 Å². The van der Waals surface area contributed by atoms with Crippen molar-refractivity contribution in [2.75, 3.05) is 19.6 Å². The van der Waals surface area contributed by atoms with E-state index in [4.69, 9.17) is 11.1 Å². The topological polar surface area (TPSA) is 74.7 Å². The largest absolute Gasteiger partial charge is 0.522 e. The smallest absolute Gasteiger partial charge is 0.356 e. The van der Waals surface area contributed by atoms with Crippen LogP contribution in [0.1, 0.15) is 53.4 Å². The lowest BCUT2D eigenvalue weighted by molar-refractivity contribution is -0.345.